The van der Waals surface area contributed by atoms with E-state index >= 15 is 0 Å². The highest BCUT2D eigenvalue weighted by Gasteiger charge is 2.08. The number of hydrogen-bond acceptors (Lipinski definition) is 2. The zero-order valence-electron chi connectivity index (χ0n) is 9.37. The van der Waals surface area contributed by atoms with Gasteiger partial charge < -0.3 is 9.47 Å². The minimum Gasteiger partial charge on any atom is -0.467 e. The molecular weight excluding hydrogens is 348 g/mol. The lowest BCUT2D eigenvalue weighted by Crippen LogP contribution is -2.01. The number of alkyl halides is 1. The molecule has 0 aromatic heterocycles. The van der Waals surface area contributed by atoms with Crippen LogP contribution in [0.1, 0.15) is 5.56 Å². The van der Waals surface area contributed by atoms with E-state index in [2.05, 4.69) is 56.1 Å². The number of ether oxygens (including phenoxy) is 2. The first-order chi connectivity index (χ1) is 8.26. The van der Waals surface area contributed by atoms with Crippen LogP contribution in [0.4, 0.5) is 0 Å². The van der Waals surface area contributed by atoms with Crippen molar-refractivity contribution in [3.05, 3.63) is 40.4 Å². The van der Waals surface area contributed by atoms with Crippen molar-refractivity contribution in [2.75, 3.05) is 13.9 Å². The Bertz CT molecular complexity index is 526. The maximum Gasteiger partial charge on any atom is 0.188 e. The first kappa shape index (κ1) is 12.9. The van der Waals surface area contributed by atoms with E-state index in [1.165, 1.54) is 0 Å². The van der Waals surface area contributed by atoms with E-state index in [9.17, 15) is 0 Å². The van der Waals surface area contributed by atoms with Crippen molar-refractivity contribution in [2.45, 2.75) is 5.33 Å². The van der Waals surface area contributed by atoms with E-state index in [1.54, 1.807) is 7.11 Å². The van der Waals surface area contributed by atoms with Gasteiger partial charge in [-0.05, 0) is 17.5 Å². The molecule has 0 fully saturated rings. The van der Waals surface area contributed by atoms with Gasteiger partial charge in [0.1, 0.15) is 5.75 Å². The smallest absolute Gasteiger partial charge is 0.188 e. The van der Waals surface area contributed by atoms with Crippen molar-refractivity contribution in [3.8, 4) is 5.75 Å². The van der Waals surface area contributed by atoms with Gasteiger partial charge in [0.15, 0.2) is 6.79 Å². The molecule has 2 nitrogen and oxygen atoms in total. The maximum atomic E-state index is 5.67. The molecule has 2 aromatic rings. The summed E-state index contributed by atoms with van der Waals surface area (Å²) in [5.74, 6) is 0.877. The van der Waals surface area contributed by atoms with E-state index in [4.69, 9.17) is 9.47 Å². The molecule has 0 bridgehead atoms. The summed E-state index contributed by atoms with van der Waals surface area (Å²) < 4.78 is 11.7. The molecular formula is C13H12Br2O2. The van der Waals surface area contributed by atoms with Crippen LogP contribution in [0.3, 0.4) is 0 Å². The van der Waals surface area contributed by atoms with Gasteiger partial charge in [0, 0.05) is 27.9 Å². The SMILES string of the molecule is COCOc1c(CBr)ccc2ccc(Br)cc12. The molecule has 0 saturated carbocycles. The van der Waals surface area contributed by atoms with Gasteiger partial charge in [0.25, 0.3) is 0 Å². The van der Waals surface area contributed by atoms with Crippen LogP contribution in [-0.2, 0) is 10.1 Å². The molecule has 2 rings (SSSR count). The molecule has 0 amide bonds. The van der Waals surface area contributed by atoms with Crippen molar-refractivity contribution < 1.29 is 9.47 Å². The second kappa shape index (κ2) is 5.85. The lowest BCUT2D eigenvalue weighted by atomic mass is 10.1. The molecule has 17 heavy (non-hydrogen) atoms. The zero-order chi connectivity index (χ0) is 12.3. The Morgan fingerprint density at radius 3 is 2.65 bits per heavy atom. The molecule has 0 spiro atoms. The summed E-state index contributed by atoms with van der Waals surface area (Å²) in [4.78, 5) is 0. The number of fused-ring (bicyclic) bond motifs is 1. The normalized spacial score (nSPS) is 10.8. The van der Waals surface area contributed by atoms with Gasteiger partial charge >= 0.3 is 0 Å². The minimum atomic E-state index is 0.256. The van der Waals surface area contributed by atoms with Gasteiger partial charge in [0.2, 0.25) is 0 Å². The Labute approximate surface area is 117 Å². The van der Waals surface area contributed by atoms with E-state index in [0.29, 0.717) is 0 Å². The van der Waals surface area contributed by atoms with Crippen LogP contribution in [0.25, 0.3) is 10.8 Å². The number of benzene rings is 2. The van der Waals surface area contributed by atoms with Crippen molar-refractivity contribution in [1.82, 2.24) is 0 Å². The van der Waals surface area contributed by atoms with Crippen LogP contribution in [0.15, 0.2) is 34.8 Å². The van der Waals surface area contributed by atoms with Gasteiger partial charge in [-0.2, -0.15) is 0 Å². The fourth-order valence-corrected chi connectivity index (χ4v) is 2.51. The van der Waals surface area contributed by atoms with Crippen LogP contribution in [0.5, 0.6) is 5.75 Å². The average molecular weight is 360 g/mol. The molecule has 0 aliphatic rings. The predicted molar refractivity (Wildman–Crippen MR) is 76.8 cm³/mol. The molecule has 90 valence electrons. The molecule has 0 atom stereocenters. The first-order valence-electron chi connectivity index (χ1n) is 5.15. The Morgan fingerprint density at radius 1 is 1.18 bits per heavy atom. The summed E-state index contributed by atoms with van der Waals surface area (Å²) in [5.41, 5.74) is 1.12. The van der Waals surface area contributed by atoms with Gasteiger partial charge in [-0.1, -0.05) is 50.1 Å². The van der Waals surface area contributed by atoms with Gasteiger partial charge in [-0.25, -0.2) is 0 Å². The van der Waals surface area contributed by atoms with Crippen LogP contribution in [0.2, 0.25) is 0 Å². The Morgan fingerprint density at radius 2 is 1.94 bits per heavy atom. The van der Waals surface area contributed by atoms with Crippen LogP contribution in [0, 0.1) is 0 Å². The third kappa shape index (κ3) is 2.81. The number of methoxy groups -OCH3 is 1. The van der Waals surface area contributed by atoms with Crippen LogP contribution >= 0.6 is 31.9 Å². The van der Waals surface area contributed by atoms with Crippen LogP contribution in [-0.4, -0.2) is 13.9 Å². The van der Waals surface area contributed by atoms with Gasteiger partial charge in [0.05, 0.1) is 0 Å². The number of hydrogen-bond donors (Lipinski definition) is 0. The third-order valence-corrected chi connectivity index (χ3v) is 3.58. The van der Waals surface area contributed by atoms with Gasteiger partial charge in [-0.3, -0.25) is 0 Å². The van der Waals surface area contributed by atoms with E-state index in [0.717, 1.165) is 31.9 Å². The molecule has 0 aliphatic heterocycles. The second-order valence-electron chi connectivity index (χ2n) is 3.60. The predicted octanol–water partition coefficient (Wildman–Crippen LogP) is 4.48. The summed E-state index contributed by atoms with van der Waals surface area (Å²) in [6.07, 6.45) is 0. The summed E-state index contributed by atoms with van der Waals surface area (Å²) in [7, 11) is 1.62. The van der Waals surface area contributed by atoms with Crippen molar-refractivity contribution >= 4 is 42.6 Å². The van der Waals surface area contributed by atoms with Crippen LogP contribution < -0.4 is 4.74 Å². The lowest BCUT2D eigenvalue weighted by Gasteiger charge is -2.12. The summed E-state index contributed by atoms with van der Waals surface area (Å²) in [6, 6.07) is 10.3. The Hall–Kier alpha value is -0.580. The fourth-order valence-electron chi connectivity index (χ4n) is 1.70. The monoisotopic (exact) mass is 358 g/mol. The number of rotatable bonds is 4. The zero-order valence-corrected chi connectivity index (χ0v) is 12.5. The number of halogens is 2. The molecule has 0 unspecified atom stereocenters. The Balaban J connectivity index is 2.59. The van der Waals surface area contributed by atoms with Crippen molar-refractivity contribution in [2.24, 2.45) is 0 Å². The summed E-state index contributed by atoms with van der Waals surface area (Å²) in [6.45, 7) is 0.256. The molecule has 0 heterocycles. The molecule has 0 radical (unpaired) electrons. The van der Waals surface area contributed by atoms with Crippen molar-refractivity contribution in [3.63, 3.8) is 0 Å². The van der Waals surface area contributed by atoms with Gasteiger partial charge in [-0.15, -0.1) is 0 Å². The van der Waals surface area contributed by atoms with E-state index in [1.807, 2.05) is 6.07 Å². The molecule has 4 heteroatoms. The topological polar surface area (TPSA) is 18.5 Å². The fraction of sp³-hybridized carbons (Fsp3) is 0.231. The highest BCUT2D eigenvalue weighted by atomic mass is 79.9. The highest BCUT2D eigenvalue weighted by molar-refractivity contribution is 9.10. The van der Waals surface area contributed by atoms with E-state index in [-0.39, 0.29) is 6.79 Å². The van der Waals surface area contributed by atoms with Crippen molar-refractivity contribution in [1.29, 1.82) is 0 Å². The molecule has 2 aromatic carbocycles. The standard InChI is InChI=1S/C13H12Br2O2/c1-16-8-17-13-10(7-14)3-2-9-4-5-11(15)6-12(9)13/h2-6H,7-8H2,1H3. The summed E-state index contributed by atoms with van der Waals surface area (Å²) >= 11 is 6.95. The van der Waals surface area contributed by atoms with E-state index < -0.39 is 0 Å². The third-order valence-electron chi connectivity index (χ3n) is 2.48. The minimum absolute atomic E-state index is 0.256. The summed E-state index contributed by atoms with van der Waals surface area (Å²) in [5, 5.41) is 3.01. The lowest BCUT2D eigenvalue weighted by molar-refractivity contribution is 0.0517. The average Bonchev–Trinajstić information content (AvgIpc) is 2.35. The quantitative estimate of drug-likeness (QED) is 0.591. The largest absolute Gasteiger partial charge is 0.467 e. The molecule has 0 saturated heterocycles. The molecule has 0 aliphatic carbocycles. The first-order valence-corrected chi connectivity index (χ1v) is 7.06. The maximum absolute atomic E-state index is 5.67. The Kier molecular flexibility index (Phi) is 4.42. The second-order valence-corrected chi connectivity index (χ2v) is 5.08. The molecule has 0 N–H and O–H groups in total. The highest BCUT2D eigenvalue weighted by Crippen LogP contribution is 2.33.